The van der Waals surface area contributed by atoms with Crippen molar-refractivity contribution in [1.29, 1.82) is 0 Å². The van der Waals surface area contributed by atoms with Gasteiger partial charge in [-0.2, -0.15) is 0 Å². The molecule has 1 atom stereocenters. The Balaban J connectivity index is 1.73. The van der Waals surface area contributed by atoms with Gasteiger partial charge >= 0.3 is 5.97 Å². The van der Waals surface area contributed by atoms with Gasteiger partial charge < -0.3 is 29.5 Å². The minimum atomic E-state index is -1.13. The molecule has 1 fully saturated rings. The molecule has 1 saturated carbocycles. The Kier molecular flexibility index (Phi) is 9.69. The van der Waals surface area contributed by atoms with E-state index in [9.17, 15) is 14.7 Å². The Morgan fingerprint density at radius 3 is 2.08 bits per heavy atom. The van der Waals surface area contributed by atoms with Crippen LogP contribution in [0.2, 0.25) is 0 Å². The number of amides is 1. The van der Waals surface area contributed by atoms with Crippen LogP contribution in [0, 0.1) is 5.92 Å². The monoisotopic (exact) mass is 498 g/mol. The van der Waals surface area contributed by atoms with Crippen molar-refractivity contribution >= 4 is 17.6 Å². The molecular weight excluding hydrogens is 464 g/mol. The first-order chi connectivity index (χ1) is 17.4. The third-order valence-corrected chi connectivity index (χ3v) is 6.53. The molecule has 9 heteroatoms. The summed E-state index contributed by atoms with van der Waals surface area (Å²) in [6.45, 7) is 0. The van der Waals surface area contributed by atoms with Gasteiger partial charge in [0.15, 0.2) is 0 Å². The molecule has 2 aromatic carbocycles. The molecule has 0 aromatic heterocycles. The van der Waals surface area contributed by atoms with E-state index >= 15 is 0 Å². The zero-order valence-electron chi connectivity index (χ0n) is 21.2. The molecule has 1 amide bonds. The number of rotatable bonds is 11. The lowest BCUT2D eigenvalue weighted by Crippen LogP contribution is -2.47. The summed E-state index contributed by atoms with van der Waals surface area (Å²) in [6.07, 6.45) is 3.34. The Morgan fingerprint density at radius 2 is 1.58 bits per heavy atom. The van der Waals surface area contributed by atoms with Crippen molar-refractivity contribution < 1.29 is 33.7 Å². The molecule has 2 aromatic rings. The van der Waals surface area contributed by atoms with Crippen LogP contribution in [-0.2, 0) is 25.6 Å². The number of aliphatic carboxylic acids is 1. The molecule has 0 bridgehead atoms. The van der Waals surface area contributed by atoms with Crippen molar-refractivity contribution in [2.24, 2.45) is 11.1 Å². The summed E-state index contributed by atoms with van der Waals surface area (Å²) in [5.41, 5.74) is 2.65. The molecule has 0 saturated heterocycles. The first-order valence-corrected chi connectivity index (χ1v) is 11.9. The average molecular weight is 499 g/mol. The highest BCUT2D eigenvalue weighted by Crippen LogP contribution is 2.38. The fourth-order valence-electron chi connectivity index (χ4n) is 4.58. The predicted molar refractivity (Wildman–Crippen MR) is 135 cm³/mol. The summed E-state index contributed by atoms with van der Waals surface area (Å²) in [7, 11) is 6.24. The highest BCUT2D eigenvalue weighted by molar-refractivity contribution is 6.39. The van der Waals surface area contributed by atoms with E-state index in [1.54, 1.807) is 21.3 Å². The number of carbonyl (C=O) groups excluding carboxylic acids is 1. The first-order valence-electron chi connectivity index (χ1n) is 11.9. The van der Waals surface area contributed by atoms with Crippen LogP contribution in [0.3, 0.4) is 0 Å². The van der Waals surface area contributed by atoms with Gasteiger partial charge in [0.1, 0.15) is 30.4 Å². The summed E-state index contributed by atoms with van der Waals surface area (Å²) in [6, 6.07) is 11.8. The molecule has 36 heavy (non-hydrogen) atoms. The predicted octanol–water partition coefficient (Wildman–Crippen LogP) is 3.69. The van der Waals surface area contributed by atoms with E-state index in [1.807, 2.05) is 42.5 Å². The quantitative estimate of drug-likeness (QED) is 0.359. The Labute approximate surface area is 211 Å². The van der Waals surface area contributed by atoms with Gasteiger partial charge in [-0.1, -0.05) is 35.5 Å². The smallest absolute Gasteiger partial charge is 0.326 e. The summed E-state index contributed by atoms with van der Waals surface area (Å²) in [5.74, 6) is -0.426. The number of carboxylic acids is 1. The van der Waals surface area contributed by atoms with Crippen molar-refractivity contribution in [3.05, 3.63) is 48.0 Å². The topological polar surface area (TPSA) is 116 Å². The fraction of sp³-hybridized carbons (Fsp3) is 0.444. The van der Waals surface area contributed by atoms with Gasteiger partial charge in [0.05, 0.1) is 25.9 Å². The SMILES string of the molecule is CO/N=C(\C(=O)N[C@@H](Cc1ccc(-c2c(OC)cccc2OC)cc1)C(=O)O)C1CCC(OC)CC1. The minimum Gasteiger partial charge on any atom is -0.496 e. The van der Waals surface area contributed by atoms with Gasteiger partial charge in [-0.05, 0) is 48.9 Å². The highest BCUT2D eigenvalue weighted by atomic mass is 16.6. The Morgan fingerprint density at radius 1 is 0.972 bits per heavy atom. The molecule has 3 rings (SSSR count). The molecule has 1 aliphatic rings. The van der Waals surface area contributed by atoms with Crippen LogP contribution in [0.1, 0.15) is 31.2 Å². The van der Waals surface area contributed by atoms with Crippen LogP contribution in [0.4, 0.5) is 0 Å². The minimum absolute atomic E-state index is 0.110. The molecule has 2 N–H and O–H groups in total. The summed E-state index contributed by atoms with van der Waals surface area (Å²) in [4.78, 5) is 29.9. The number of benzene rings is 2. The van der Waals surface area contributed by atoms with Crippen LogP contribution in [0.25, 0.3) is 11.1 Å². The standard InChI is InChI=1S/C27H34N2O7/c1-33-20-14-12-19(13-15-20)25(29-36-4)26(30)28-21(27(31)32)16-17-8-10-18(11-9-17)24-22(34-2)6-5-7-23(24)35-3/h5-11,19-21H,12-16H2,1-4H3,(H,28,30)(H,31,32)/b29-25-/t19?,20?,21-/m0/s1. The van der Waals surface area contributed by atoms with Crippen molar-refractivity contribution in [2.45, 2.75) is 44.2 Å². The van der Waals surface area contributed by atoms with E-state index in [1.165, 1.54) is 7.11 Å². The summed E-state index contributed by atoms with van der Waals surface area (Å²) in [5, 5.41) is 16.4. The van der Waals surface area contributed by atoms with Crippen LogP contribution >= 0.6 is 0 Å². The third kappa shape index (κ3) is 6.54. The summed E-state index contributed by atoms with van der Waals surface area (Å²) < 4.78 is 16.4. The third-order valence-electron chi connectivity index (χ3n) is 6.53. The maximum atomic E-state index is 13.0. The lowest BCUT2D eigenvalue weighted by molar-refractivity contribution is -0.141. The van der Waals surface area contributed by atoms with Crippen molar-refractivity contribution in [2.75, 3.05) is 28.4 Å². The van der Waals surface area contributed by atoms with Crippen LogP contribution in [0.5, 0.6) is 11.5 Å². The number of hydrogen-bond donors (Lipinski definition) is 2. The van der Waals surface area contributed by atoms with E-state index < -0.39 is 17.9 Å². The van der Waals surface area contributed by atoms with Gasteiger partial charge in [-0.3, -0.25) is 4.79 Å². The molecule has 0 aliphatic heterocycles. The molecule has 0 radical (unpaired) electrons. The second-order valence-corrected chi connectivity index (χ2v) is 8.67. The van der Waals surface area contributed by atoms with Gasteiger partial charge in [-0.15, -0.1) is 0 Å². The second-order valence-electron chi connectivity index (χ2n) is 8.67. The zero-order valence-corrected chi connectivity index (χ0v) is 21.2. The Bertz CT molecular complexity index is 1040. The molecular formula is C27H34N2O7. The lowest BCUT2D eigenvalue weighted by Gasteiger charge is -2.28. The van der Waals surface area contributed by atoms with Gasteiger partial charge in [0, 0.05) is 19.4 Å². The van der Waals surface area contributed by atoms with Crippen molar-refractivity contribution in [1.82, 2.24) is 5.32 Å². The number of nitrogens with one attached hydrogen (secondary N) is 1. The second kappa shape index (κ2) is 12.9. The summed E-state index contributed by atoms with van der Waals surface area (Å²) >= 11 is 0. The van der Waals surface area contributed by atoms with Gasteiger partial charge in [0.2, 0.25) is 0 Å². The van der Waals surface area contributed by atoms with E-state index in [4.69, 9.17) is 19.0 Å². The maximum absolute atomic E-state index is 13.0. The molecule has 1 aliphatic carbocycles. The van der Waals surface area contributed by atoms with E-state index in [-0.39, 0.29) is 24.2 Å². The normalized spacial score (nSPS) is 18.7. The van der Waals surface area contributed by atoms with Crippen LogP contribution in [0.15, 0.2) is 47.6 Å². The van der Waals surface area contributed by atoms with Gasteiger partial charge in [0.25, 0.3) is 5.91 Å². The molecule has 0 heterocycles. The number of carbonyl (C=O) groups is 2. The van der Waals surface area contributed by atoms with Gasteiger partial charge in [-0.25, -0.2) is 4.79 Å². The van der Waals surface area contributed by atoms with E-state index in [0.717, 1.165) is 42.4 Å². The highest BCUT2D eigenvalue weighted by Gasteiger charge is 2.31. The number of methoxy groups -OCH3 is 3. The Hall–Kier alpha value is -3.59. The van der Waals surface area contributed by atoms with E-state index in [0.29, 0.717) is 11.5 Å². The zero-order chi connectivity index (χ0) is 26.1. The van der Waals surface area contributed by atoms with Crippen LogP contribution in [-0.4, -0.2) is 63.3 Å². The van der Waals surface area contributed by atoms with Crippen molar-refractivity contribution in [3.63, 3.8) is 0 Å². The number of hydrogen-bond acceptors (Lipinski definition) is 7. The van der Waals surface area contributed by atoms with Crippen LogP contribution < -0.4 is 14.8 Å². The molecule has 194 valence electrons. The maximum Gasteiger partial charge on any atom is 0.326 e. The number of nitrogens with zero attached hydrogens (tertiary/aromatic N) is 1. The molecule has 9 nitrogen and oxygen atoms in total. The molecule has 0 spiro atoms. The number of carboxylic acid groups (broad SMARTS) is 1. The number of oxime groups is 1. The average Bonchev–Trinajstić information content (AvgIpc) is 2.91. The largest absolute Gasteiger partial charge is 0.496 e. The lowest BCUT2D eigenvalue weighted by atomic mass is 9.84. The van der Waals surface area contributed by atoms with Crippen molar-refractivity contribution in [3.8, 4) is 22.6 Å². The van der Waals surface area contributed by atoms with E-state index in [2.05, 4.69) is 10.5 Å². The first kappa shape index (κ1) is 27.0. The fourth-order valence-corrected chi connectivity index (χ4v) is 4.58. The number of ether oxygens (including phenoxy) is 3. The molecule has 0 unspecified atom stereocenters.